The number of nitrogens with one attached hydrogen (secondary N) is 1. The molecule has 84 valence electrons. The number of rotatable bonds is 4. The molecule has 0 aliphatic rings. The average molecular weight is 217 g/mol. The van der Waals surface area contributed by atoms with Gasteiger partial charge < -0.3 is 5.32 Å². The molecule has 0 saturated carbocycles. The molecule has 0 aliphatic heterocycles. The molecule has 0 radical (unpaired) electrons. The van der Waals surface area contributed by atoms with Gasteiger partial charge in [-0.25, -0.2) is 13.2 Å². The van der Waals surface area contributed by atoms with E-state index in [0.29, 0.717) is 5.56 Å². The minimum absolute atomic E-state index is 0.376. The van der Waals surface area contributed by atoms with Gasteiger partial charge >= 0.3 is 0 Å². The third-order valence-corrected chi connectivity index (χ3v) is 2.26. The van der Waals surface area contributed by atoms with Crippen LogP contribution in [0.2, 0.25) is 0 Å². The van der Waals surface area contributed by atoms with E-state index in [1.54, 1.807) is 25.1 Å². The summed E-state index contributed by atoms with van der Waals surface area (Å²) in [5.74, 6) is -0.376. The lowest BCUT2D eigenvalue weighted by Gasteiger charge is -2.20. The van der Waals surface area contributed by atoms with Gasteiger partial charge in [-0.2, -0.15) is 0 Å². The standard InChI is InChI=1S/C11H14F3N/c1-7(15-8(2)11(13)14)9-5-3-4-6-10(9)12/h3-8,11,15H,1-2H3. The van der Waals surface area contributed by atoms with E-state index >= 15 is 0 Å². The van der Waals surface area contributed by atoms with Crippen molar-refractivity contribution in [2.75, 3.05) is 0 Å². The first-order valence-electron chi connectivity index (χ1n) is 4.81. The van der Waals surface area contributed by atoms with E-state index in [4.69, 9.17) is 0 Å². The molecular formula is C11H14F3N. The van der Waals surface area contributed by atoms with Gasteiger partial charge in [-0.05, 0) is 19.9 Å². The number of benzene rings is 1. The molecule has 0 spiro atoms. The zero-order valence-corrected chi connectivity index (χ0v) is 8.68. The van der Waals surface area contributed by atoms with Crippen molar-refractivity contribution in [2.24, 2.45) is 0 Å². The van der Waals surface area contributed by atoms with Crippen molar-refractivity contribution >= 4 is 0 Å². The summed E-state index contributed by atoms with van der Waals surface area (Å²) in [7, 11) is 0. The highest BCUT2D eigenvalue weighted by molar-refractivity contribution is 5.20. The summed E-state index contributed by atoms with van der Waals surface area (Å²) >= 11 is 0. The van der Waals surface area contributed by atoms with Crippen molar-refractivity contribution in [1.29, 1.82) is 0 Å². The van der Waals surface area contributed by atoms with Gasteiger partial charge in [0.1, 0.15) is 5.82 Å². The molecule has 1 rings (SSSR count). The molecule has 0 aliphatic carbocycles. The smallest absolute Gasteiger partial charge is 0.253 e. The van der Waals surface area contributed by atoms with Crippen LogP contribution in [-0.2, 0) is 0 Å². The molecule has 0 aromatic heterocycles. The monoisotopic (exact) mass is 217 g/mol. The van der Waals surface area contributed by atoms with Crippen molar-refractivity contribution in [3.63, 3.8) is 0 Å². The van der Waals surface area contributed by atoms with Crippen molar-refractivity contribution in [1.82, 2.24) is 5.32 Å². The topological polar surface area (TPSA) is 12.0 Å². The average Bonchev–Trinajstić information content (AvgIpc) is 2.18. The molecule has 1 nitrogen and oxygen atoms in total. The molecule has 1 aromatic rings. The van der Waals surface area contributed by atoms with Crippen LogP contribution in [-0.4, -0.2) is 12.5 Å². The maximum atomic E-state index is 13.3. The van der Waals surface area contributed by atoms with E-state index in [-0.39, 0.29) is 5.82 Å². The highest BCUT2D eigenvalue weighted by Gasteiger charge is 2.18. The Bertz CT molecular complexity index is 314. The number of hydrogen-bond acceptors (Lipinski definition) is 1. The summed E-state index contributed by atoms with van der Waals surface area (Å²) in [6, 6.07) is 4.80. The molecule has 0 heterocycles. The van der Waals surface area contributed by atoms with Crippen molar-refractivity contribution < 1.29 is 13.2 Å². The third-order valence-electron chi connectivity index (χ3n) is 2.26. The van der Waals surface area contributed by atoms with E-state index in [9.17, 15) is 13.2 Å². The Labute approximate surface area is 87.3 Å². The Hall–Kier alpha value is -1.03. The van der Waals surface area contributed by atoms with Crippen molar-refractivity contribution in [3.8, 4) is 0 Å². The van der Waals surface area contributed by atoms with Gasteiger partial charge in [0, 0.05) is 11.6 Å². The van der Waals surface area contributed by atoms with Crippen LogP contribution in [0.25, 0.3) is 0 Å². The first-order valence-corrected chi connectivity index (χ1v) is 4.81. The van der Waals surface area contributed by atoms with Crippen LogP contribution in [0.3, 0.4) is 0 Å². The third kappa shape index (κ3) is 3.23. The summed E-state index contributed by atoms with van der Waals surface area (Å²) in [6.07, 6.45) is -2.45. The molecule has 1 aromatic carbocycles. The number of hydrogen-bond donors (Lipinski definition) is 1. The molecule has 0 saturated heterocycles. The molecule has 0 amide bonds. The molecule has 15 heavy (non-hydrogen) atoms. The van der Waals surface area contributed by atoms with E-state index in [1.807, 2.05) is 0 Å². The largest absolute Gasteiger partial charge is 0.302 e. The second kappa shape index (κ2) is 5.16. The van der Waals surface area contributed by atoms with Gasteiger partial charge in [0.15, 0.2) is 0 Å². The Kier molecular flexibility index (Phi) is 4.15. The van der Waals surface area contributed by atoms with E-state index in [0.717, 1.165) is 0 Å². The minimum Gasteiger partial charge on any atom is -0.302 e. The van der Waals surface area contributed by atoms with Crippen LogP contribution < -0.4 is 5.32 Å². The normalized spacial score (nSPS) is 15.3. The highest BCUT2D eigenvalue weighted by Crippen LogP contribution is 2.17. The van der Waals surface area contributed by atoms with Crippen molar-refractivity contribution in [2.45, 2.75) is 32.4 Å². The molecule has 2 atom stereocenters. The lowest BCUT2D eigenvalue weighted by molar-refractivity contribution is 0.101. The summed E-state index contributed by atoms with van der Waals surface area (Å²) < 4.78 is 37.8. The zero-order valence-electron chi connectivity index (χ0n) is 8.68. The molecular weight excluding hydrogens is 203 g/mol. The maximum Gasteiger partial charge on any atom is 0.253 e. The molecule has 0 bridgehead atoms. The van der Waals surface area contributed by atoms with Gasteiger partial charge in [0.2, 0.25) is 0 Å². The van der Waals surface area contributed by atoms with Crippen LogP contribution in [0.5, 0.6) is 0 Å². The fourth-order valence-electron chi connectivity index (χ4n) is 1.38. The zero-order chi connectivity index (χ0) is 11.4. The lowest BCUT2D eigenvalue weighted by atomic mass is 10.1. The second-order valence-corrected chi connectivity index (χ2v) is 3.53. The number of halogens is 3. The maximum absolute atomic E-state index is 13.3. The van der Waals surface area contributed by atoms with Crippen LogP contribution in [0, 0.1) is 5.82 Å². The lowest BCUT2D eigenvalue weighted by Crippen LogP contribution is -2.34. The Morgan fingerprint density at radius 2 is 1.73 bits per heavy atom. The SMILES string of the molecule is CC(NC(C)C(F)F)c1ccccc1F. The van der Waals surface area contributed by atoms with Gasteiger partial charge in [0.25, 0.3) is 6.43 Å². The molecule has 4 heteroatoms. The van der Waals surface area contributed by atoms with Gasteiger partial charge in [0.05, 0.1) is 6.04 Å². The van der Waals surface area contributed by atoms with E-state index < -0.39 is 18.5 Å². The van der Waals surface area contributed by atoms with Crippen LogP contribution in [0.1, 0.15) is 25.5 Å². The van der Waals surface area contributed by atoms with Gasteiger partial charge in [-0.15, -0.1) is 0 Å². The summed E-state index contributed by atoms with van der Waals surface area (Å²) in [4.78, 5) is 0. The predicted molar refractivity (Wildman–Crippen MR) is 53.4 cm³/mol. The van der Waals surface area contributed by atoms with Gasteiger partial charge in [-0.1, -0.05) is 18.2 Å². The van der Waals surface area contributed by atoms with Crippen LogP contribution in [0.15, 0.2) is 24.3 Å². The van der Waals surface area contributed by atoms with E-state index in [2.05, 4.69) is 5.32 Å². The second-order valence-electron chi connectivity index (χ2n) is 3.53. The first-order chi connectivity index (χ1) is 7.02. The fraction of sp³-hybridized carbons (Fsp3) is 0.455. The minimum atomic E-state index is -2.45. The van der Waals surface area contributed by atoms with E-state index in [1.165, 1.54) is 13.0 Å². The van der Waals surface area contributed by atoms with Crippen LogP contribution >= 0.6 is 0 Å². The summed E-state index contributed by atoms with van der Waals surface area (Å²) in [5.41, 5.74) is 0.407. The Morgan fingerprint density at radius 1 is 1.13 bits per heavy atom. The quantitative estimate of drug-likeness (QED) is 0.817. The highest BCUT2D eigenvalue weighted by atomic mass is 19.3. The molecule has 2 unspecified atom stereocenters. The summed E-state index contributed by atoms with van der Waals surface area (Å²) in [6.45, 7) is 3.04. The van der Waals surface area contributed by atoms with Crippen LogP contribution in [0.4, 0.5) is 13.2 Å². The summed E-state index contributed by atoms with van der Waals surface area (Å²) in [5, 5.41) is 2.65. The Balaban J connectivity index is 2.69. The van der Waals surface area contributed by atoms with Gasteiger partial charge in [-0.3, -0.25) is 0 Å². The fourth-order valence-corrected chi connectivity index (χ4v) is 1.38. The first kappa shape index (κ1) is 12.0. The number of alkyl halides is 2. The predicted octanol–water partition coefficient (Wildman–Crippen LogP) is 3.13. The van der Waals surface area contributed by atoms with Crippen molar-refractivity contribution in [3.05, 3.63) is 35.6 Å². The Morgan fingerprint density at radius 3 is 2.27 bits per heavy atom. The molecule has 0 fully saturated rings. The molecule has 1 N–H and O–H groups in total.